The van der Waals surface area contributed by atoms with Crippen LogP contribution in [0.5, 0.6) is 0 Å². The molecule has 1 rings (SSSR count). The Labute approximate surface area is 85.7 Å². The van der Waals surface area contributed by atoms with Gasteiger partial charge in [0.05, 0.1) is 6.61 Å². The van der Waals surface area contributed by atoms with Gasteiger partial charge in [-0.05, 0) is 25.5 Å². The average molecular weight is 200 g/mol. The van der Waals surface area contributed by atoms with Crippen LogP contribution in [0.25, 0.3) is 0 Å². The molecule has 0 atom stereocenters. The molecule has 0 unspecified atom stereocenters. The summed E-state index contributed by atoms with van der Waals surface area (Å²) in [5, 5.41) is 0. The molecule has 1 aromatic heterocycles. The second-order valence-corrected chi connectivity index (χ2v) is 3.61. The van der Waals surface area contributed by atoms with Crippen LogP contribution in [0.3, 0.4) is 0 Å². The molecule has 2 heteroatoms. The minimum atomic E-state index is 0.779. The summed E-state index contributed by atoms with van der Waals surface area (Å²) in [7, 11) is 0. The van der Waals surface area contributed by atoms with Gasteiger partial charge >= 0.3 is 0 Å². The first-order valence-corrected chi connectivity index (χ1v) is 5.83. The maximum atomic E-state index is 5.29. The zero-order chi connectivity index (χ0) is 10.1. The number of hydrogen-bond donors (Lipinski definition) is 0. The highest BCUT2D eigenvalue weighted by atomic mass is 32.1. The normalized spacial score (nSPS) is 9.23. The van der Waals surface area contributed by atoms with Gasteiger partial charge in [-0.2, -0.15) is 0 Å². The predicted octanol–water partition coefficient (Wildman–Crippen LogP) is 3.87. The Morgan fingerprint density at radius 3 is 2.23 bits per heavy atom. The van der Waals surface area contributed by atoms with Crippen LogP contribution in [0.2, 0.25) is 0 Å². The number of ether oxygens (including phenoxy) is 1. The van der Waals surface area contributed by atoms with Gasteiger partial charge in [-0.25, -0.2) is 0 Å². The van der Waals surface area contributed by atoms with Crippen molar-refractivity contribution < 1.29 is 4.74 Å². The van der Waals surface area contributed by atoms with E-state index in [4.69, 9.17) is 4.74 Å². The summed E-state index contributed by atoms with van der Waals surface area (Å²) in [6, 6.07) is 4.33. The molecule has 0 aliphatic carbocycles. The van der Waals surface area contributed by atoms with Crippen molar-refractivity contribution in [1.29, 1.82) is 0 Å². The predicted molar refractivity (Wildman–Crippen MR) is 60.4 cm³/mol. The first-order chi connectivity index (χ1) is 6.36. The monoisotopic (exact) mass is 200 g/mol. The van der Waals surface area contributed by atoms with Crippen LogP contribution < -0.4 is 0 Å². The van der Waals surface area contributed by atoms with E-state index in [1.807, 2.05) is 32.1 Å². The van der Waals surface area contributed by atoms with Gasteiger partial charge in [-0.1, -0.05) is 20.8 Å². The fourth-order valence-corrected chi connectivity index (χ4v) is 1.79. The van der Waals surface area contributed by atoms with E-state index in [1.54, 1.807) is 0 Å². The molecule has 0 saturated carbocycles. The van der Waals surface area contributed by atoms with Gasteiger partial charge in [0, 0.05) is 16.4 Å². The van der Waals surface area contributed by atoms with Crippen molar-refractivity contribution in [3.8, 4) is 0 Å². The van der Waals surface area contributed by atoms with Crippen molar-refractivity contribution in [2.24, 2.45) is 0 Å². The van der Waals surface area contributed by atoms with Gasteiger partial charge < -0.3 is 4.74 Å². The molecule has 0 fully saturated rings. The zero-order valence-corrected chi connectivity index (χ0v) is 9.91. The molecule has 0 N–H and O–H groups in total. The first kappa shape index (κ1) is 12.7. The summed E-state index contributed by atoms with van der Waals surface area (Å²) in [6.45, 7) is 9.78. The number of aryl methyl sites for hydroxylation is 1. The molecule has 0 aliphatic heterocycles. The van der Waals surface area contributed by atoms with E-state index in [2.05, 4.69) is 19.1 Å². The van der Waals surface area contributed by atoms with E-state index in [-0.39, 0.29) is 0 Å². The van der Waals surface area contributed by atoms with Gasteiger partial charge in [0.1, 0.15) is 0 Å². The van der Waals surface area contributed by atoms with Gasteiger partial charge in [-0.3, -0.25) is 0 Å². The lowest BCUT2D eigenvalue weighted by atomic mass is 10.4. The molecule has 0 radical (unpaired) electrons. The van der Waals surface area contributed by atoms with Gasteiger partial charge in [0.25, 0.3) is 0 Å². The van der Waals surface area contributed by atoms with Crippen molar-refractivity contribution >= 4 is 11.3 Å². The molecule has 76 valence electrons. The van der Waals surface area contributed by atoms with Crippen LogP contribution in [0.1, 0.15) is 37.4 Å². The number of rotatable bonds is 4. The lowest BCUT2D eigenvalue weighted by molar-refractivity contribution is 0.136. The Hall–Kier alpha value is -0.340. The molecule has 0 aliphatic rings. The highest BCUT2D eigenvalue weighted by Crippen LogP contribution is 2.17. The van der Waals surface area contributed by atoms with Gasteiger partial charge in [-0.15, -0.1) is 11.3 Å². The van der Waals surface area contributed by atoms with Gasteiger partial charge in [0.15, 0.2) is 0 Å². The lowest BCUT2D eigenvalue weighted by Gasteiger charge is -1.95. The lowest BCUT2D eigenvalue weighted by Crippen LogP contribution is -1.87. The largest absolute Gasteiger partial charge is 0.376 e. The van der Waals surface area contributed by atoms with Crippen LogP contribution in [-0.2, 0) is 17.8 Å². The van der Waals surface area contributed by atoms with E-state index in [0.29, 0.717) is 0 Å². The van der Waals surface area contributed by atoms with E-state index in [0.717, 1.165) is 19.6 Å². The molecular formula is C11H20OS. The van der Waals surface area contributed by atoms with E-state index >= 15 is 0 Å². The molecule has 0 saturated heterocycles. The molecule has 13 heavy (non-hydrogen) atoms. The van der Waals surface area contributed by atoms with E-state index in [9.17, 15) is 0 Å². The number of thiophene rings is 1. The molecule has 1 nitrogen and oxygen atoms in total. The smallest absolute Gasteiger partial charge is 0.0809 e. The molecule has 1 aromatic rings. The minimum Gasteiger partial charge on any atom is -0.376 e. The molecule has 1 heterocycles. The van der Waals surface area contributed by atoms with Crippen LogP contribution >= 0.6 is 11.3 Å². The van der Waals surface area contributed by atoms with Crippen molar-refractivity contribution in [2.75, 3.05) is 6.61 Å². The second kappa shape index (κ2) is 8.27. The standard InChI is InChI=1S/C9H14OS.C2H6/c1-3-8-5-6-9(11-8)7-10-4-2;1-2/h5-6H,3-4,7H2,1-2H3;1-2H3. The molecule has 0 spiro atoms. The molecule has 0 amide bonds. The summed E-state index contributed by atoms with van der Waals surface area (Å²) in [5.74, 6) is 0. The van der Waals surface area contributed by atoms with Crippen molar-refractivity contribution in [3.63, 3.8) is 0 Å². The third-order valence-electron chi connectivity index (χ3n) is 1.51. The number of hydrogen-bond acceptors (Lipinski definition) is 2. The Morgan fingerprint density at radius 1 is 1.15 bits per heavy atom. The third-order valence-corrected chi connectivity index (χ3v) is 2.72. The second-order valence-electron chi connectivity index (χ2n) is 2.36. The van der Waals surface area contributed by atoms with E-state index < -0.39 is 0 Å². The summed E-state index contributed by atoms with van der Waals surface area (Å²) in [4.78, 5) is 2.78. The topological polar surface area (TPSA) is 9.23 Å². The zero-order valence-electron chi connectivity index (χ0n) is 9.09. The Balaban J connectivity index is 0.000000671. The van der Waals surface area contributed by atoms with Crippen molar-refractivity contribution in [3.05, 3.63) is 21.9 Å². The average Bonchev–Trinajstić information content (AvgIpc) is 2.65. The summed E-state index contributed by atoms with van der Waals surface area (Å²) >= 11 is 1.85. The summed E-state index contributed by atoms with van der Waals surface area (Å²) < 4.78 is 5.29. The fourth-order valence-electron chi connectivity index (χ4n) is 0.893. The Kier molecular flexibility index (Phi) is 8.05. The van der Waals surface area contributed by atoms with E-state index in [1.165, 1.54) is 9.75 Å². The molecule has 0 aromatic carbocycles. The maximum Gasteiger partial charge on any atom is 0.0809 e. The third kappa shape index (κ3) is 5.06. The van der Waals surface area contributed by atoms with Crippen LogP contribution in [0.4, 0.5) is 0 Å². The van der Waals surface area contributed by atoms with Crippen LogP contribution in [-0.4, -0.2) is 6.61 Å². The molecular weight excluding hydrogens is 180 g/mol. The van der Waals surface area contributed by atoms with Gasteiger partial charge in [0.2, 0.25) is 0 Å². The highest BCUT2D eigenvalue weighted by Gasteiger charge is 1.96. The fraction of sp³-hybridized carbons (Fsp3) is 0.636. The van der Waals surface area contributed by atoms with Crippen molar-refractivity contribution in [2.45, 2.75) is 40.7 Å². The quantitative estimate of drug-likeness (QED) is 0.717. The summed E-state index contributed by atoms with van der Waals surface area (Å²) in [6.07, 6.45) is 1.14. The molecule has 0 bridgehead atoms. The highest BCUT2D eigenvalue weighted by molar-refractivity contribution is 7.11. The maximum absolute atomic E-state index is 5.29. The SMILES string of the molecule is CC.CCOCc1ccc(CC)s1. The Morgan fingerprint density at radius 2 is 1.77 bits per heavy atom. The van der Waals surface area contributed by atoms with Crippen LogP contribution in [0.15, 0.2) is 12.1 Å². The van der Waals surface area contributed by atoms with Crippen LogP contribution in [0, 0.1) is 0 Å². The summed E-state index contributed by atoms with van der Waals surface area (Å²) in [5.41, 5.74) is 0. The minimum absolute atomic E-state index is 0.779. The van der Waals surface area contributed by atoms with Crippen molar-refractivity contribution in [1.82, 2.24) is 0 Å². The Bertz CT molecular complexity index is 206. The first-order valence-electron chi connectivity index (χ1n) is 5.02.